The number of methoxy groups -OCH3 is 1. The molecule has 0 unspecified atom stereocenters. The lowest BCUT2D eigenvalue weighted by atomic mass is 10.1. The number of carbonyl (C=O) groups excluding carboxylic acids is 1. The van der Waals surface area contributed by atoms with Gasteiger partial charge in [-0.15, -0.1) is 0 Å². The van der Waals surface area contributed by atoms with Gasteiger partial charge in [0.05, 0.1) is 13.2 Å². The van der Waals surface area contributed by atoms with Crippen LogP contribution >= 0.6 is 15.9 Å². The van der Waals surface area contributed by atoms with Crippen molar-refractivity contribution in [3.63, 3.8) is 0 Å². The normalized spacial score (nSPS) is 11.8. The number of carbonyl (C=O) groups is 1. The molecule has 3 nitrogen and oxygen atoms in total. The predicted octanol–water partition coefficient (Wildman–Crippen LogP) is 4.26. The summed E-state index contributed by atoms with van der Waals surface area (Å²) in [6.45, 7) is 3.89. The molecule has 1 amide bonds. The fourth-order valence-electron chi connectivity index (χ4n) is 2.16. The summed E-state index contributed by atoms with van der Waals surface area (Å²) in [5, 5.41) is 3.00. The molecule has 2 aromatic carbocycles. The van der Waals surface area contributed by atoms with Gasteiger partial charge in [0.15, 0.2) is 0 Å². The molecule has 110 valence electrons. The summed E-state index contributed by atoms with van der Waals surface area (Å²) in [4.78, 5) is 12.3. The van der Waals surface area contributed by atoms with Crippen molar-refractivity contribution in [2.24, 2.45) is 0 Å². The van der Waals surface area contributed by atoms with E-state index in [1.165, 1.54) is 0 Å². The molecule has 0 bridgehead atoms. The molecule has 0 aliphatic rings. The van der Waals surface area contributed by atoms with E-state index in [0.29, 0.717) is 5.56 Å². The van der Waals surface area contributed by atoms with Crippen LogP contribution in [0, 0.1) is 6.92 Å². The van der Waals surface area contributed by atoms with Crippen molar-refractivity contribution in [1.82, 2.24) is 5.32 Å². The van der Waals surface area contributed by atoms with Crippen LogP contribution in [0.2, 0.25) is 0 Å². The molecule has 0 aromatic heterocycles. The van der Waals surface area contributed by atoms with Crippen molar-refractivity contribution in [1.29, 1.82) is 0 Å². The second-order valence-electron chi connectivity index (χ2n) is 4.93. The van der Waals surface area contributed by atoms with Gasteiger partial charge in [0.2, 0.25) is 0 Å². The van der Waals surface area contributed by atoms with Crippen molar-refractivity contribution in [3.05, 3.63) is 63.6 Å². The lowest BCUT2D eigenvalue weighted by Gasteiger charge is -2.15. The maximum atomic E-state index is 12.3. The summed E-state index contributed by atoms with van der Waals surface area (Å²) in [5.41, 5.74) is 2.64. The van der Waals surface area contributed by atoms with Gasteiger partial charge in [-0.25, -0.2) is 0 Å². The number of halogens is 1. The number of benzene rings is 2. The first-order chi connectivity index (χ1) is 10.0. The molecular weight excluding hydrogens is 330 g/mol. The first kappa shape index (κ1) is 15.6. The Morgan fingerprint density at radius 3 is 2.62 bits per heavy atom. The van der Waals surface area contributed by atoms with E-state index in [0.717, 1.165) is 21.3 Å². The maximum absolute atomic E-state index is 12.3. The van der Waals surface area contributed by atoms with E-state index in [2.05, 4.69) is 21.2 Å². The van der Waals surface area contributed by atoms with Crippen molar-refractivity contribution >= 4 is 21.8 Å². The number of amides is 1. The maximum Gasteiger partial charge on any atom is 0.251 e. The zero-order chi connectivity index (χ0) is 15.4. The van der Waals surface area contributed by atoms with E-state index in [1.54, 1.807) is 13.2 Å². The number of nitrogens with one attached hydrogen (secondary N) is 1. The average molecular weight is 348 g/mol. The molecule has 4 heteroatoms. The van der Waals surface area contributed by atoms with Gasteiger partial charge < -0.3 is 10.1 Å². The van der Waals surface area contributed by atoms with Crippen LogP contribution in [0.15, 0.2) is 46.9 Å². The van der Waals surface area contributed by atoms with Crippen LogP contribution in [0.25, 0.3) is 0 Å². The fourth-order valence-corrected chi connectivity index (χ4v) is 2.58. The SMILES string of the molecule is COc1ccc(C(=O)N[C@@H](C)c2cccc(Br)c2)cc1C. The third-order valence-electron chi connectivity index (χ3n) is 3.35. The minimum Gasteiger partial charge on any atom is -0.496 e. The zero-order valence-electron chi connectivity index (χ0n) is 12.3. The van der Waals surface area contributed by atoms with Crippen LogP contribution in [0.1, 0.15) is 34.5 Å². The Balaban J connectivity index is 2.12. The van der Waals surface area contributed by atoms with Gasteiger partial charge in [-0.1, -0.05) is 28.1 Å². The van der Waals surface area contributed by atoms with E-state index in [1.807, 2.05) is 50.2 Å². The van der Waals surface area contributed by atoms with E-state index in [4.69, 9.17) is 4.74 Å². The molecular formula is C17H18BrNO2. The highest BCUT2D eigenvalue weighted by Crippen LogP contribution is 2.20. The third-order valence-corrected chi connectivity index (χ3v) is 3.85. The summed E-state index contributed by atoms with van der Waals surface area (Å²) in [6, 6.07) is 13.3. The van der Waals surface area contributed by atoms with Crippen LogP contribution in [0.3, 0.4) is 0 Å². The van der Waals surface area contributed by atoms with Gasteiger partial charge in [-0.2, -0.15) is 0 Å². The van der Waals surface area contributed by atoms with Crippen molar-refractivity contribution < 1.29 is 9.53 Å². The van der Waals surface area contributed by atoms with Crippen molar-refractivity contribution in [2.75, 3.05) is 7.11 Å². The number of rotatable bonds is 4. The monoisotopic (exact) mass is 347 g/mol. The van der Waals surface area contributed by atoms with Gasteiger partial charge in [-0.3, -0.25) is 4.79 Å². The van der Waals surface area contributed by atoms with Gasteiger partial charge in [0.1, 0.15) is 5.75 Å². The number of aryl methyl sites for hydroxylation is 1. The van der Waals surface area contributed by atoms with E-state index in [9.17, 15) is 4.79 Å². The van der Waals surface area contributed by atoms with Crippen LogP contribution in [0.4, 0.5) is 0 Å². The summed E-state index contributed by atoms with van der Waals surface area (Å²) in [7, 11) is 1.62. The van der Waals surface area contributed by atoms with E-state index in [-0.39, 0.29) is 11.9 Å². The summed E-state index contributed by atoms with van der Waals surface area (Å²) >= 11 is 3.44. The predicted molar refractivity (Wildman–Crippen MR) is 87.8 cm³/mol. The summed E-state index contributed by atoms with van der Waals surface area (Å²) in [5.74, 6) is 0.694. The second kappa shape index (κ2) is 6.76. The molecule has 0 radical (unpaired) electrons. The Morgan fingerprint density at radius 1 is 1.24 bits per heavy atom. The molecule has 0 aliphatic carbocycles. The Morgan fingerprint density at radius 2 is 2.00 bits per heavy atom. The van der Waals surface area contributed by atoms with Gasteiger partial charge in [-0.05, 0) is 55.3 Å². The van der Waals surface area contributed by atoms with Crippen LogP contribution < -0.4 is 10.1 Å². The lowest BCUT2D eigenvalue weighted by Crippen LogP contribution is -2.26. The van der Waals surface area contributed by atoms with Gasteiger partial charge in [0, 0.05) is 10.0 Å². The minimum atomic E-state index is -0.0896. The fraction of sp³-hybridized carbons (Fsp3) is 0.235. The van der Waals surface area contributed by atoms with Crippen molar-refractivity contribution in [2.45, 2.75) is 19.9 Å². The smallest absolute Gasteiger partial charge is 0.251 e. The first-order valence-electron chi connectivity index (χ1n) is 6.72. The average Bonchev–Trinajstić information content (AvgIpc) is 2.47. The van der Waals surface area contributed by atoms with Crippen LogP contribution in [-0.2, 0) is 0 Å². The summed E-state index contributed by atoms with van der Waals surface area (Å²) < 4.78 is 6.21. The highest BCUT2D eigenvalue weighted by atomic mass is 79.9. The summed E-state index contributed by atoms with van der Waals surface area (Å²) in [6.07, 6.45) is 0. The Hall–Kier alpha value is -1.81. The molecule has 21 heavy (non-hydrogen) atoms. The van der Waals surface area contributed by atoms with E-state index >= 15 is 0 Å². The van der Waals surface area contributed by atoms with Crippen LogP contribution in [0.5, 0.6) is 5.75 Å². The standard InChI is InChI=1S/C17H18BrNO2/c1-11-9-14(7-8-16(11)21-3)17(20)19-12(2)13-5-4-6-15(18)10-13/h4-10,12H,1-3H3,(H,19,20)/t12-/m0/s1. The molecule has 2 aromatic rings. The number of ether oxygens (including phenoxy) is 1. The molecule has 2 rings (SSSR count). The van der Waals surface area contributed by atoms with Gasteiger partial charge >= 0.3 is 0 Å². The quantitative estimate of drug-likeness (QED) is 0.897. The van der Waals surface area contributed by atoms with Crippen LogP contribution in [-0.4, -0.2) is 13.0 Å². The number of hydrogen-bond acceptors (Lipinski definition) is 2. The largest absolute Gasteiger partial charge is 0.496 e. The number of hydrogen-bond donors (Lipinski definition) is 1. The second-order valence-corrected chi connectivity index (χ2v) is 5.85. The first-order valence-corrected chi connectivity index (χ1v) is 7.51. The van der Waals surface area contributed by atoms with Crippen molar-refractivity contribution in [3.8, 4) is 5.75 Å². The minimum absolute atomic E-state index is 0.0580. The molecule has 0 heterocycles. The molecule has 0 saturated heterocycles. The highest BCUT2D eigenvalue weighted by Gasteiger charge is 2.12. The lowest BCUT2D eigenvalue weighted by molar-refractivity contribution is 0.0939. The molecule has 1 N–H and O–H groups in total. The third kappa shape index (κ3) is 3.85. The molecule has 0 aliphatic heterocycles. The zero-order valence-corrected chi connectivity index (χ0v) is 13.9. The Kier molecular flexibility index (Phi) is 5.02. The highest BCUT2D eigenvalue weighted by molar-refractivity contribution is 9.10. The topological polar surface area (TPSA) is 38.3 Å². The molecule has 0 spiro atoms. The van der Waals surface area contributed by atoms with Gasteiger partial charge in [0.25, 0.3) is 5.91 Å². The Labute approximate surface area is 133 Å². The molecule has 0 fully saturated rings. The molecule has 0 saturated carbocycles. The molecule has 1 atom stereocenters. The Bertz CT molecular complexity index is 655. The van der Waals surface area contributed by atoms with E-state index < -0.39 is 0 Å².